The van der Waals surface area contributed by atoms with E-state index in [0.29, 0.717) is 64.5 Å². The molecule has 17 aromatic rings. The second kappa shape index (κ2) is 43.9. The molecule has 17 rings (SSSR count). The number of phenols is 8. The van der Waals surface area contributed by atoms with Gasteiger partial charge in [0.25, 0.3) is 5.91 Å². The van der Waals surface area contributed by atoms with Crippen LogP contribution >= 0.6 is 7.60 Å². The Morgan fingerprint density at radius 2 is 0.650 bits per heavy atom. The molecule has 0 aliphatic carbocycles. The number of anilines is 2. The number of ether oxygens (including phenoxy) is 1. The topological polar surface area (TPSA) is 396 Å². The third kappa shape index (κ3) is 23.0. The van der Waals surface area contributed by atoms with Crippen LogP contribution in [0.2, 0.25) is 0 Å². The molecule has 0 spiro atoms. The van der Waals surface area contributed by atoms with Crippen LogP contribution in [0.3, 0.4) is 0 Å². The lowest BCUT2D eigenvalue weighted by atomic mass is 9.98. The number of nitrogens with zero attached hydrogens (tertiary/aromatic N) is 6. The number of aromatic amines is 4. The second-order valence-electron chi connectivity index (χ2n) is 34.7. The van der Waals surface area contributed by atoms with Gasteiger partial charge in [0.15, 0.2) is 0 Å². The summed E-state index contributed by atoms with van der Waals surface area (Å²) in [5.74, 6) is 4.76. The van der Waals surface area contributed by atoms with Crippen molar-refractivity contribution in [1.82, 2.24) is 45.2 Å². The van der Waals surface area contributed by atoms with Crippen molar-refractivity contribution in [3.05, 3.63) is 322 Å². The molecule has 140 heavy (non-hydrogen) atoms. The Bertz CT molecular complexity index is 7020. The second-order valence-corrected chi connectivity index (χ2v) is 36.4. The molecule has 0 saturated heterocycles. The fourth-order valence-electron chi connectivity index (χ4n) is 16.9. The van der Waals surface area contributed by atoms with Gasteiger partial charge in [0.2, 0.25) is 0 Å². The average Bonchev–Trinajstić information content (AvgIpc) is 1.63. The summed E-state index contributed by atoms with van der Waals surface area (Å²) in [6.45, 7) is 32.0. The maximum absolute atomic E-state index is 13.2. The van der Waals surface area contributed by atoms with Gasteiger partial charge in [0.1, 0.15) is 81.3 Å². The maximum atomic E-state index is 13.2. The summed E-state index contributed by atoms with van der Waals surface area (Å²) >= 11 is 0. The number of aromatic hydroxyl groups is 8. The monoisotopic (exact) mass is 1890 g/mol. The Hall–Kier alpha value is -16.2. The molecule has 0 aliphatic rings. The number of amides is 1. The van der Waals surface area contributed by atoms with E-state index in [4.69, 9.17) is 24.7 Å². The number of hydrogen-bond acceptors (Lipinski definition) is 18. The molecule has 0 aliphatic heterocycles. The summed E-state index contributed by atoms with van der Waals surface area (Å²) in [6.07, 6.45) is 2.32. The van der Waals surface area contributed by atoms with E-state index in [9.17, 15) is 64.8 Å². The normalized spacial score (nSPS) is 11.1. The molecule has 25 nitrogen and oxygen atoms in total. The van der Waals surface area contributed by atoms with Gasteiger partial charge >= 0.3 is 7.60 Å². The predicted molar refractivity (Wildman–Crippen MR) is 558 cm³/mol. The van der Waals surface area contributed by atoms with Crippen molar-refractivity contribution in [2.75, 3.05) is 49.1 Å². The highest BCUT2D eigenvalue weighted by molar-refractivity contribution is 7.60. The van der Waals surface area contributed by atoms with Crippen molar-refractivity contribution in [3.8, 4) is 187 Å². The minimum Gasteiger partial charge on any atom is -0.508 e. The van der Waals surface area contributed by atoms with Gasteiger partial charge in [-0.3, -0.25) is 14.2 Å². The van der Waals surface area contributed by atoms with E-state index in [1.807, 2.05) is 184 Å². The number of nitrogens with one attached hydrogen (secondary N) is 5. The Kier molecular flexibility index (Phi) is 31.2. The molecular formula is C114H116N11O14P. The minimum atomic E-state index is -4.35. The van der Waals surface area contributed by atoms with Crippen LogP contribution < -0.4 is 25.2 Å². The average molecular weight is 1900 g/mol. The van der Waals surface area contributed by atoms with Crippen LogP contribution in [0, 0.1) is 69.2 Å². The van der Waals surface area contributed by atoms with Gasteiger partial charge < -0.3 is 90.4 Å². The molecule has 4 aromatic heterocycles. The number of imidazole rings is 4. The summed E-state index contributed by atoms with van der Waals surface area (Å²) in [5, 5.41) is 83.6. The SMILES string of the molecule is CCN(CC)c1ccc(-c2nc(-c3ccc(O)c(C(=O)NCCCCOc4ccccc4)c3)[nH]c2-c2ccc(N(CC)CC)cc2)cc1.Cc1cc(-c2nc(-c3cc(C)c(O)c(C)c3)c(-c3cc(C)c(O)c(C)c3)[nH]2)cc(C)c1O.Cc1cc(-c2nc(-c3ccc(C=O)cc3)c(-c3ccc(P(=O)(O)O)cc3)[nH]2)cc(C)c1O.Cc1cc(-c2nc(-c3ccc(O)cc3)c(-c3ccc(O)cc3)[nH]2)cc(C)c1O. The third-order valence-corrected chi connectivity index (χ3v) is 25.7. The van der Waals surface area contributed by atoms with Crippen LogP contribution in [0.25, 0.3) is 136 Å². The Morgan fingerprint density at radius 3 is 1.01 bits per heavy atom. The number of benzene rings is 13. The number of carbonyl (C=O) groups excluding carboxylic acids is 2. The Balaban J connectivity index is 0.000000152. The van der Waals surface area contributed by atoms with Gasteiger partial charge in [-0.2, -0.15) is 0 Å². The molecule has 716 valence electrons. The van der Waals surface area contributed by atoms with Gasteiger partial charge in [-0.25, -0.2) is 19.9 Å². The van der Waals surface area contributed by atoms with Crippen LogP contribution in [-0.2, 0) is 4.57 Å². The number of unbranched alkanes of at least 4 members (excludes halogenated alkanes) is 1. The first-order valence-electron chi connectivity index (χ1n) is 46.3. The lowest BCUT2D eigenvalue weighted by Crippen LogP contribution is -2.24. The van der Waals surface area contributed by atoms with E-state index in [1.54, 1.807) is 78.9 Å². The van der Waals surface area contributed by atoms with E-state index in [1.165, 1.54) is 23.5 Å². The van der Waals surface area contributed by atoms with Crippen molar-refractivity contribution in [2.24, 2.45) is 0 Å². The van der Waals surface area contributed by atoms with Gasteiger partial charge in [-0.05, 0) is 341 Å². The number of H-pyrrole nitrogens is 4. The Morgan fingerprint density at radius 1 is 0.350 bits per heavy atom. The van der Waals surface area contributed by atoms with Crippen LogP contribution in [0.15, 0.2) is 255 Å². The molecule has 0 bridgehead atoms. The summed E-state index contributed by atoms with van der Waals surface area (Å²) < 4.78 is 17.3. The first-order chi connectivity index (χ1) is 67.1. The molecule has 0 fully saturated rings. The van der Waals surface area contributed by atoms with E-state index in [-0.39, 0.29) is 62.8 Å². The van der Waals surface area contributed by atoms with Gasteiger partial charge in [0.05, 0.1) is 63.0 Å². The maximum Gasteiger partial charge on any atom is 0.356 e. The molecule has 13 aromatic carbocycles. The number of aryl methyl sites for hydroxylation is 10. The number of phenolic OH excluding ortho intramolecular Hbond substituents is 8. The van der Waals surface area contributed by atoms with Crippen molar-refractivity contribution in [2.45, 2.75) is 110 Å². The number of aromatic nitrogens is 8. The number of carbonyl (C=O) groups is 2. The molecule has 0 radical (unpaired) electrons. The van der Waals surface area contributed by atoms with Crippen LogP contribution in [0.5, 0.6) is 51.7 Å². The number of rotatable bonds is 27. The lowest BCUT2D eigenvalue weighted by molar-refractivity contribution is 0.0949. The van der Waals surface area contributed by atoms with E-state index >= 15 is 0 Å². The largest absolute Gasteiger partial charge is 0.508 e. The lowest BCUT2D eigenvalue weighted by Gasteiger charge is -2.21. The summed E-state index contributed by atoms with van der Waals surface area (Å²) in [6, 6.07) is 77.6. The van der Waals surface area contributed by atoms with Crippen molar-refractivity contribution in [3.63, 3.8) is 0 Å². The Labute approximate surface area is 814 Å². The molecule has 26 heteroatoms. The molecule has 4 heterocycles. The fraction of sp³-hybridized carbons (Fsp3) is 0.193. The zero-order chi connectivity index (χ0) is 100. The van der Waals surface area contributed by atoms with Gasteiger partial charge in [0, 0.05) is 116 Å². The first kappa shape index (κ1) is 99.7. The van der Waals surface area contributed by atoms with E-state index in [2.05, 4.69) is 111 Å². The molecule has 1 amide bonds. The van der Waals surface area contributed by atoms with Crippen LogP contribution in [0.4, 0.5) is 11.4 Å². The zero-order valence-corrected chi connectivity index (χ0v) is 81.6. The number of para-hydroxylation sites is 1. The van der Waals surface area contributed by atoms with Crippen molar-refractivity contribution < 1.29 is 69.5 Å². The van der Waals surface area contributed by atoms with Crippen LogP contribution in [-0.4, -0.2) is 142 Å². The number of hydrogen-bond donors (Lipinski definition) is 15. The summed E-state index contributed by atoms with van der Waals surface area (Å²) in [4.78, 5) is 81.0. The summed E-state index contributed by atoms with van der Waals surface area (Å²) in [5.41, 5.74) is 27.3. The smallest absolute Gasteiger partial charge is 0.356 e. The fourth-order valence-corrected chi connectivity index (χ4v) is 17.5. The van der Waals surface area contributed by atoms with Crippen molar-refractivity contribution in [1.29, 1.82) is 0 Å². The molecule has 0 saturated carbocycles. The molecule has 15 N–H and O–H groups in total. The highest BCUT2D eigenvalue weighted by Crippen LogP contribution is 2.45. The van der Waals surface area contributed by atoms with Gasteiger partial charge in [-0.1, -0.05) is 78.9 Å². The highest BCUT2D eigenvalue weighted by atomic mass is 31.2. The third-order valence-electron chi connectivity index (χ3n) is 24.7. The van der Waals surface area contributed by atoms with Crippen LogP contribution in [0.1, 0.15) is 117 Å². The molecule has 0 atom stereocenters. The predicted octanol–water partition coefficient (Wildman–Crippen LogP) is 24.3. The van der Waals surface area contributed by atoms with Gasteiger partial charge in [-0.15, -0.1) is 0 Å². The summed E-state index contributed by atoms with van der Waals surface area (Å²) in [7, 11) is -4.35. The quantitative estimate of drug-likeness (QED) is 0.0129. The molecule has 0 unspecified atom stereocenters. The number of aldehydes is 1. The zero-order valence-electron chi connectivity index (χ0n) is 80.7. The minimum absolute atomic E-state index is 0.0670. The highest BCUT2D eigenvalue weighted by Gasteiger charge is 2.26. The first-order valence-corrected chi connectivity index (χ1v) is 48.0. The van der Waals surface area contributed by atoms with Crippen molar-refractivity contribution >= 4 is 36.5 Å². The standard InChI is InChI=1S/C40H47N5O3.C27H28N2O3.C24H21N2O5P.C23H20N2O3/c1-5-44(6-2)32-21-16-29(17-22-32)37-38(30-18-23-33(24-19-30)45(7-3)8-4)43-39(42-37)31-20-25-36(46)35(28-31)40(47)41-26-12-13-27-48-34-14-10-9-11-15-34;1-13-7-19(8-14(2)24(13)30)22-23(20-9-15(3)25(31)16(4)10-20)29-27(28-22)21-11-17(5)26(32)18(6)12-21;1-14-11-19(12-15(2)23(14)28)24-25-21(17-5-3-16(13-27)4-6-17)22(26-24)18-7-9-20(10-8-18)32(29,30)31;1-13-11-17(12-14(2)22(13)28)23-24-20(15-3-7-18(26)8-4-15)21(25-23)16-5-9-19(27)10-6-16/h9-11,14-25,28,46H,5-8,12-13,26-27H2,1-4H3,(H,41,47)(H,42,43);7-12,30-32H,1-6H3,(H,28,29);3-13,28H,1-2H3,(H,25,26)(H2,29,30,31);3-12,26-28H,1-2H3,(H,24,25). The van der Waals surface area contributed by atoms with E-state index < -0.39 is 7.60 Å². The molecular weight excluding hydrogens is 1780 g/mol. The van der Waals surface area contributed by atoms with E-state index in [0.717, 1.165) is 196 Å².